The van der Waals surface area contributed by atoms with Gasteiger partial charge in [-0.2, -0.15) is 0 Å². The molecule has 1 saturated heterocycles. The van der Waals surface area contributed by atoms with Crippen molar-refractivity contribution in [1.29, 1.82) is 0 Å². The second-order valence-corrected chi connectivity index (χ2v) is 18.4. The third kappa shape index (κ3) is 17.1. The molecule has 3 N–H and O–H groups in total. The predicted octanol–water partition coefficient (Wildman–Crippen LogP) is 5.82. The second-order valence-electron chi connectivity index (χ2n) is 17.5. The Bertz CT molecular complexity index is 1790. The number of benzene rings is 1. The summed E-state index contributed by atoms with van der Waals surface area (Å²) in [6, 6.07) is 4.02. The minimum absolute atomic E-state index is 0.0147. The van der Waals surface area contributed by atoms with Gasteiger partial charge >= 0.3 is 17.9 Å². The van der Waals surface area contributed by atoms with Crippen LogP contribution in [-0.4, -0.2) is 120 Å². The monoisotopic (exact) mass is 901 g/mol. The van der Waals surface area contributed by atoms with E-state index >= 15 is 0 Å². The molecule has 352 valence electrons. The molecule has 2 heterocycles. The van der Waals surface area contributed by atoms with Crippen LogP contribution in [0.2, 0.25) is 0 Å². The normalized spacial score (nSPS) is 17.2. The van der Waals surface area contributed by atoms with Crippen LogP contribution in [0, 0.1) is 23.7 Å². The van der Waals surface area contributed by atoms with E-state index in [1.165, 1.54) is 18.9 Å². The van der Waals surface area contributed by atoms with Gasteiger partial charge in [0.05, 0.1) is 18.6 Å². The molecule has 7 unspecified atom stereocenters. The summed E-state index contributed by atoms with van der Waals surface area (Å²) >= 11 is 1.12. The van der Waals surface area contributed by atoms with Gasteiger partial charge in [-0.05, 0) is 74.7 Å². The summed E-state index contributed by atoms with van der Waals surface area (Å²) in [5.74, 6) is -3.71. The average Bonchev–Trinajstić information content (AvgIpc) is 3.73. The van der Waals surface area contributed by atoms with Crippen molar-refractivity contribution in [2.75, 3.05) is 40.6 Å². The van der Waals surface area contributed by atoms with Crippen molar-refractivity contribution in [3.63, 3.8) is 0 Å². The van der Waals surface area contributed by atoms with Gasteiger partial charge in [-0.25, -0.2) is 4.98 Å². The molecule has 63 heavy (non-hydrogen) atoms. The van der Waals surface area contributed by atoms with Crippen LogP contribution < -0.4 is 10.6 Å². The SMILES string of the molecule is CCC(C)C(NC(=O)C1CCCCN1C)C(=O)N(COC(=O)CC(C)C)C(CC(OC(C)=O)c1nc(C(=O)NC(Cc2ccc(O)cc2)CC(C)C(=O)OCCOC)cs1)C(C)C. The smallest absolute Gasteiger partial charge is 0.308 e. The van der Waals surface area contributed by atoms with Crippen LogP contribution in [0.5, 0.6) is 5.75 Å². The van der Waals surface area contributed by atoms with Crippen molar-refractivity contribution in [1.82, 2.24) is 25.4 Å². The van der Waals surface area contributed by atoms with Gasteiger partial charge in [0.2, 0.25) is 11.8 Å². The Morgan fingerprint density at radius 3 is 2.27 bits per heavy atom. The number of aromatic nitrogens is 1. The quantitative estimate of drug-likeness (QED) is 0.0467. The molecule has 17 heteroatoms. The molecule has 0 saturated carbocycles. The lowest BCUT2D eigenvalue weighted by Crippen LogP contribution is -2.59. The Hall–Kier alpha value is -4.61. The fraction of sp³-hybridized carbons (Fsp3) is 0.674. The van der Waals surface area contributed by atoms with Gasteiger partial charge < -0.3 is 39.6 Å². The van der Waals surface area contributed by atoms with E-state index in [0.29, 0.717) is 24.3 Å². The minimum atomic E-state index is -1.01. The number of carbonyl (C=O) groups excluding carboxylic acids is 6. The van der Waals surface area contributed by atoms with Crippen LogP contribution in [0.4, 0.5) is 0 Å². The summed E-state index contributed by atoms with van der Waals surface area (Å²) in [4.78, 5) is 89.0. The number of hydrogen-bond acceptors (Lipinski definition) is 14. The topological polar surface area (TPSA) is 203 Å². The number of aromatic hydroxyl groups is 1. The highest BCUT2D eigenvalue weighted by atomic mass is 32.1. The lowest BCUT2D eigenvalue weighted by molar-refractivity contribution is -0.161. The zero-order chi connectivity index (χ0) is 46.8. The highest BCUT2D eigenvalue weighted by Gasteiger charge is 2.39. The molecule has 16 nitrogen and oxygen atoms in total. The Kier molecular flexibility index (Phi) is 22.0. The molecule has 2 aromatic rings. The molecule has 0 bridgehead atoms. The number of likely N-dealkylation sites (N-methyl/N-ethyl adjacent to an activating group) is 1. The molecule has 0 radical (unpaired) electrons. The molecule has 1 aliphatic heterocycles. The number of esters is 3. The molecule has 1 aromatic heterocycles. The fourth-order valence-corrected chi connectivity index (χ4v) is 8.39. The summed E-state index contributed by atoms with van der Waals surface area (Å²) in [5.41, 5.74) is 0.874. The predicted molar refractivity (Wildman–Crippen MR) is 238 cm³/mol. The number of methoxy groups -OCH3 is 1. The van der Waals surface area contributed by atoms with Gasteiger partial charge in [0.25, 0.3) is 5.91 Å². The number of hydrogen-bond donors (Lipinski definition) is 3. The first-order valence-electron chi connectivity index (χ1n) is 22.2. The Morgan fingerprint density at radius 2 is 1.67 bits per heavy atom. The van der Waals surface area contributed by atoms with Gasteiger partial charge in [0.1, 0.15) is 29.1 Å². The average molecular weight is 902 g/mol. The Labute approximate surface area is 377 Å². The number of piperidine rings is 1. The summed E-state index contributed by atoms with van der Waals surface area (Å²) in [5, 5.41) is 17.8. The van der Waals surface area contributed by atoms with Crippen molar-refractivity contribution in [2.45, 2.75) is 137 Å². The number of likely N-dealkylation sites (tertiary alicyclic amines) is 1. The number of nitrogens with one attached hydrogen (secondary N) is 2. The van der Waals surface area contributed by atoms with E-state index in [4.69, 9.17) is 18.9 Å². The second kappa shape index (κ2) is 26.2. The van der Waals surface area contributed by atoms with E-state index in [0.717, 1.165) is 36.3 Å². The van der Waals surface area contributed by atoms with Crippen LogP contribution in [0.3, 0.4) is 0 Å². The lowest BCUT2D eigenvalue weighted by atomic mass is 9.92. The summed E-state index contributed by atoms with van der Waals surface area (Å²) in [7, 11) is 3.41. The Balaban J connectivity index is 1.95. The maximum Gasteiger partial charge on any atom is 0.308 e. The lowest BCUT2D eigenvalue weighted by Gasteiger charge is -2.39. The highest BCUT2D eigenvalue weighted by Crippen LogP contribution is 2.32. The molecule has 0 aliphatic carbocycles. The molecule has 3 amide bonds. The molecular formula is C46H71N5O11S. The summed E-state index contributed by atoms with van der Waals surface area (Å²) < 4.78 is 21.9. The van der Waals surface area contributed by atoms with Crippen molar-refractivity contribution in [3.05, 3.63) is 45.9 Å². The largest absolute Gasteiger partial charge is 0.508 e. The van der Waals surface area contributed by atoms with Crippen molar-refractivity contribution in [3.8, 4) is 5.75 Å². The maximum absolute atomic E-state index is 14.9. The van der Waals surface area contributed by atoms with Crippen molar-refractivity contribution >= 4 is 47.0 Å². The molecule has 3 rings (SSSR count). The van der Waals surface area contributed by atoms with E-state index < -0.39 is 66.6 Å². The van der Waals surface area contributed by atoms with Gasteiger partial charge in [0, 0.05) is 44.3 Å². The van der Waals surface area contributed by atoms with Crippen LogP contribution in [0.15, 0.2) is 29.6 Å². The number of nitrogens with zero attached hydrogens (tertiary/aromatic N) is 3. The first kappa shape index (κ1) is 52.7. The van der Waals surface area contributed by atoms with E-state index in [2.05, 4.69) is 15.6 Å². The molecule has 1 fully saturated rings. The highest BCUT2D eigenvalue weighted by molar-refractivity contribution is 7.09. The number of ether oxygens (including phenoxy) is 4. The third-order valence-electron chi connectivity index (χ3n) is 11.4. The van der Waals surface area contributed by atoms with E-state index in [1.54, 1.807) is 36.6 Å². The molecule has 1 aliphatic rings. The van der Waals surface area contributed by atoms with Crippen LogP contribution in [0.25, 0.3) is 0 Å². The number of thiazole rings is 1. The minimum Gasteiger partial charge on any atom is -0.508 e. The standard InChI is InChI=1S/C46H71N5O11S/c1-11-30(6)41(49-43(56)37-14-12-13-19-50(37)9)45(57)51(27-61-40(54)22-28(2)3)38(29(4)5)25-39(62-32(8)52)44-48-36(26-63-44)42(55)47-34(24-33-15-17-35(53)18-16-33)23-31(7)46(58)60-21-20-59-10/h15-18,26,28-31,34,37-39,41,53H,11-14,19-25,27H2,1-10H3,(H,47,55)(H,49,56). The van der Waals surface area contributed by atoms with Gasteiger partial charge in [-0.3, -0.25) is 33.7 Å². The van der Waals surface area contributed by atoms with E-state index in [-0.39, 0.29) is 73.6 Å². The summed E-state index contributed by atoms with van der Waals surface area (Å²) in [6.07, 6.45) is 2.90. The fourth-order valence-electron chi connectivity index (χ4n) is 7.55. The van der Waals surface area contributed by atoms with Gasteiger partial charge in [-0.15, -0.1) is 11.3 Å². The summed E-state index contributed by atoms with van der Waals surface area (Å²) in [6.45, 7) is 15.1. The van der Waals surface area contributed by atoms with E-state index in [1.807, 2.05) is 53.5 Å². The van der Waals surface area contributed by atoms with Crippen LogP contribution in [0.1, 0.15) is 127 Å². The molecule has 0 spiro atoms. The first-order valence-corrected chi connectivity index (χ1v) is 23.1. The molecule has 7 atom stereocenters. The molecular weight excluding hydrogens is 831 g/mol. The zero-order valence-corrected chi connectivity index (χ0v) is 39.7. The van der Waals surface area contributed by atoms with Crippen LogP contribution >= 0.6 is 11.3 Å². The first-order chi connectivity index (χ1) is 29.8. The number of carbonyl (C=O) groups is 6. The van der Waals surface area contributed by atoms with Gasteiger partial charge in [-0.1, -0.05) is 73.4 Å². The zero-order valence-electron chi connectivity index (χ0n) is 38.8. The Morgan fingerprint density at radius 1 is 0.968 bits per heavy atom. The maximum atomic E-state index is 14.9. The number of phenolic OH excluding ortho intramolecular Hbond substituents is 1. The van der Waals surface area contributed by atoms with Crippen LogP contribution in [-0.2, 0) is 49.3 Å². The van der Waals surface area contributed by atoms with Crippen molar-refractivity contribution in [2.24, 2.45) is 23.7 Å². The molecule has 1 aromatic carbocycles. The number of rotatable bonds is 25. The van der Waals surface area contributed by atoms with Gasteiger partial charge in [0.15, 0.2) is 12.8 Å². The number of amides is 3. The number of phenols is 1. The van der Waals surface area contributed by atoms with Crippen molar-refractivity contribution < 1.29 is 52.8 Å². The third-order valence-corrected chi connectivity index (χ3v) is 12.3. The van der Waals surface area contributed by atoms with E-state index in [9.17, 15) is 33.9 Å².